The number of amides is 1. The molecule has 210 valence electrons. The van der Waals surface area contributed by atoms with Crippen molar-refractivity contribution < 1.29 is 34.2 Å². The van der Waals surface area contributed by atoms with Crippen molar-refractivity contribution in [3.8, 4) is 5.75 Å². The maximum absolute atomic E-state index is 13.9. The zero-order valence-corrected chi connectivity index (χ0v) is 22.9. The van der Waals surface area contributed by atoms with E-state index in [0.717, 1.165) is 38.8 Å². The molecule has 5 rings (SSSR count). The number of hydrogen-bond donors (Lipinski definition) is 3. The van der Waals surface area contributed by atoms with Crippen molar-refractivity contribution in [2.75, 3.05) is 27.2 Å². The Morgan fingerprint density at radius 1 is 1.13 bits per heavy atom. The van der Waals surface area contributed by atoms with Crippen LogP contribution in [0.3, 0.4) is 0 Å². The maximum Gasteiger partial charge on any atom is 0.235 e. The van der Waals surface area contributed by atoms with Crippen molar-refractivity contribution in [3.63, 3.8) is 0 Å². The van der Waals surface area contributed by atoms with Gasteiger partial charge in [-0.3, -0.25) is 33.8 Å². The second-order valence-corrected chi connectivity index (χ2v) is 12.1. The number of fused-ring (bicyclic) bond motifs is 3. The molecule has 1 aliphatic heterocycles. The molecule has 1 amide bonds. The molecule has 2 saturated carbocycles. The first kappa shape index (κ1) is 27.9. The summed E-state index contributed by atoms with van der Waals surface area (Å²) in [6.45, 7) is 2.34. The Bertz CT molecular complexity index is 1270. The number of nitrogens with two attached hydrogens (primary N) is 1. The van der Waals surface area contributed by atoms with Crippen LogP contribution in [0.25, 0.3) is 0 Å². The molecule has 1 aromatic rings. The molecule has 6 unspecified atom stereocenters. The lowest BCUT2D eigenvalue weighted by molar-refractivity contribution is -0.181. The number of primary amides is 1. The normalized spacial score (nSPS) is 33.4. The van der Waals surface area contributed by atoms with Gasteiger partial charge in [0.25, 0.3) is 0 Å². The summed E-state index contributed by atoms with van der Waals surface area (Å²) >= 11 is 6.84. The van der Waals surface area contributed by atoms with Crippen LogP contribution >= 0.6 is 11.6 Å². The highest BCUT2D eigenvalue weighted by molar-refractivity contribution is 6.34. The first-order valence-corrected chi connectivity index (χ1v) is 13.9. The van der Waals surface area contributed by atoms with Crippen LogP contribution < -0.4 is 5.73 Å². The SMILES string of the molecule is CN(C)C1C(=O)C(C(N)=O)C(=O)C2(O)C(=O)C3C(=O)c4c(O)cc(CN5CCCCCC5)c(Cl)c4CC3CC12. The zero-order chi connectivity index (χ0) is 28.4. The molecule has 0 spiro atoms. The molecular formula is C28H34ClN3O7. The number of aliphatic hydroxyl groups is 1. The predicted molar refractivity (Wildman–Crippen MR) is 140 cm³/mol. The summed E-state index contributed by atoms with van der Waals surface area (Å²) in [4.78, 5) is 69.9. The van der Waals surface area contributed by atoms with E-state index in [4.69, 9.17) is 17.3 Å². The summed E-state index contributed by atoms with van der Waals surface area (Å²) in [5, 5.41) is 22.9. The molecule has 10 nitrogen and oxygen atoms in total. The number of phenolic OH excluding ortho intramolecular Hbond substituents is 1. The number of halogens is 1. The number of aromatic hydroxyl groups is 1. The monoisotopic (exact) mass is 559 g/mol. The molecule has 1 aromatic carbocycles. The third-order valence-corrected chi connectivity index (χ3v) is 9.63. The van der Waals surface area contributed by atoms with Gasteiger partial charge in [-0.1, -0.05) is 24.4 Å². The average molecular weight is 560 g/mol. The van der Waals surface area contributed by atoms with Crippen molar-refractivity contribution in [2.45, 2.75) is 56.7 Å². The summed E-state index contributed by atoms with van der Waals surface area (Å²) < 4.78 is 0. The van der Waals surface area contributed by atoms with Crippen molar-refractivity contribution >= 4 is 40.6 Å². The number of likely N-dealkylation sites (N-methyl/N-ethyl adjacent to an activating group) is 1. The van der Waals surface area contributed by atoms with E-state index in [1.54, 1.807) is 14.1 Å². The first-order chi connectivity index (χ1) is 18.4. The fourth-order valence-corrected chi connectivity index (χ4v) is 7.64. The van der Waals surface area contributed by atoms with Gasteiger partial charge in [0, 0.05) is 17.5 Å². The van der Waals surface area contributed by atoms with Gasteiger partial charge < -0.3 is 15.9 Å². The van der Waals surface area contributed by atoms with Crippen molar-refractivity contribution in [1.82, 2.24) is 9.80 Å². The van der Waals surface area contributed by atoms with E-state index in [9.17, 15) is 34.2 Å². The van der Waals surface area contributed by atoms with E-state index in [0.29, 0.717) is 22.7 Å². The van der Waals surface area contributed by atoms with Crippen LogP contribution in [-0.2, 0) is 32.1 Å². The van der Waals surface area contributed by atoms with Gasteiger partial charge in [-0.15, -0.1) is 0 Å². The molecule has 11 heteroatoms. The predicted octanol–water partition coefficient (Wildman–Crippen LogP) is 0.896. The van der Waals surface area contributed by atoms with Gasteiger partial charge in [0.15, 0.2) is 34.7 Å². The summed E-state index contributed by atoms with van der Waals surface area (Å²) in [6.07, 6.45) is 4.63. The molecule has 4 aliphatic rings. The molecule has 3 fully saturated rings. The fraction of sp³-hybridized carbons (Fsp3) is 0.607. The Labute approximate surface area is 231 Å². The van der Waals surface area contributed by atoms with Crippen molar-refractivity contribution in [2.24, 2.45) is 29.4 Å². The van der Waals surface area contributed by atoms with Crippen LogP contribution in [0.2, 0.25) is 5.02 Å². The maximum atomic E-state index is 13.9. The number of carbonyl (C=O) groups excluding carboxylic acids is 5. The Balaban J connectivity index is 1.55. The Morgan fingerprint density at radius 2 is 1.77 bits per heavy atom. The smallest absolute Gasteiger partial charge is 0.235 e. The van der Waals surface area contributed by atoms with Crippen LogP contribution in [0.4, 0.5) is 0 Å². The van der Waals surface area contributed by atoms with Gasteiger partial charge in [-0.25, -0.2) is 0 Å². The number of ketones is 4. The number of rotatable bonds is 4. The highest BCUT2D eigenvalue weighted by Gasteiger charge is 2.69. The summed E-state index contributed by atoms with van der Waals surface area (Å²) in [6, 6.07) is 0.329. The molecule has 0 radical (unpaired) electrons. The molecule has 0 bridgehead atoms. The third-order valence-electron chi connectivity index (χ3n) is 9.16. The lowest BCUT2D eigenvalue weighted by atomic mass is 9.52. The van der Waals surface area contributed by atoms with E-state index >= 15 is 0 Å². The minimum Gasteiger partial charge on any atom is -0.507 e. The van der Waals surface area contributed by atoms with Gasteiger partial charge in [0.2, 0.25) is 5.91 Å². The number of phenols is 1. The van der Waals surface area contributed by atoms with Crippen LogP contribution in [0.5, 0.6) is 5.75 Å². The Hall–Kier alpha value is -2.66. The standard InChI is InChI=1S/C28H34ClN3O7/c1-31(2)22-16-10-13-9-15-19(17(33)11-14(21(15)29)12-32-7-5-3-4-6-8-32)23(34)18(13)25(36)28(16,39)26(37)20(24(22)35)27(30)38/h11,13,16,18,20,22,33,39H,3-10,12H2,1-2H3,(H2,30,38). The second kappa shape index (κ2) is 10.1. The van der Waals surface area contributed by atoms with Crippen molar-refractivity contribution in [3.05, 3.63) is 27.8 Å². The van der Waals surface area contributed by atoms with E-state index in [1.165, 1.54) is 11.0 Å². The molecule has 3 aliphatic carbocycles. The Morgan fingerprint density at radius 3 is 2.36 bits per heavy atom. The summed E-state index contributed by atoms with van der Waals surface area (Å²) in [5.41, 5.74) is 3.67. The minimum atomic E-state index is -2.73. The molecule has 0 aromatic heterocycles. The molecule has 39 heavy (non-hydrogen) atoms. The van der Waals surface area contributed by atoms with E-state index in [1.807, 2.05) is 0 Å². The quantitative estimate of drug-likeness (QED) is 0.455. The van der Waals surface area contributed by atoms with Crippen LogP contribution in [-0.4, -0.2) is 87.9 Å². The van der Waals surface area contributed by atoms with Gasteiger partial charge >= 0.3 is 0 Å². The Kier molecular flexibility index (Phi) is 7.20. The van der Waals surface area contributed by atoms with Gasteiger partial charge in [0.05, 0.1) is 17.5 Å². The topological polar surface area (TPSA) is 158 Å². The zero-order valence-electron chi connectivity index (χ0n) is 22.1. The average Bonchev–Trinajstić information content (AvgIpc) is 3.12. The lowest BCUT2D eigenvalue weighted by Crippen LogP contribution is -2.74. The van der Waals surface area contributed by atoms with Gasteiger partial charge in [-0.2, -0.15) is 0 Å². The number of Topliss-reactive ketones (excluding diaryl/α,β-unsaturated/α-hetero) is 4. The third kappa shape index (κ3) is 4.23. The van der Waals surface area contributed by atoms with Gasteiger partial charge in [-0.05, 0) is 76.0 Å². The molecule has 1 heterocycles. The van der Waals surface area contributed by atoms with Crippen LogP contribution in [0.1, 0.15) is 53.6 Å². The number of nitrogens with zero attached hydrogens (tertiary/aromatic N) is 2. The van der Waals surface area contributed by atoms with E-state index in [2.05, 4.69) is 4.90 Å². The molecule has 6 atom stereocenters. The first-order valence-electron chi connectivity index (χ1n) is 13.5. The summed E-state index contributed by atoms with van der Waals surface area (Å²) in [7, 11) is 3.11. The number of carbonyl (C=O) groups is 5. The number of hydrogen-bond acceptors (Lipinski definition) is 9. The number of likely N-dealkylation sites (tertiary alicyclic amines) is 1. The second-order valence-electron chi connectivity index (χ2n) is 11.7. The van der Waals surface area contributed by atoms with E-state index in [-0.39, 0.29) is 24.2 Å². The number of benzene rings is 1. The van der Waals surface area contributed by atoms with Crippen LogP contribution in [0, 0.1) is 23.7 Å². The van der Waals surface area contributed by atoms with Crippen LogP contribution in [0.15, 0.2) is 6.07 Å². The highest BCUT2D eigenvalue weighted by atomic mass is 35.5. The lowest BCUT2D eigenvalue weighted by Gasteiger charge is -2.52. The van der Waals surface area contributed by atoms with E-state index < -0.39 is 64.4 Å². The fourth-order valence-electron chi connectivity index (χ4n) is 7.36. The van der Waals surface area contributed by atoms with Gasteiger partial charge in [0.1, 0.15) is 5.75 Å². The molecule has 1 saturated heterocycles. The minimum absolute atomic E-state index is 0.00264. The molecular weight excluding hydrogens is 526 g/mol. The highest BCUT2D eigenvalue weighted by Crippen LogP contribution is 2.51. The summed E-state index contributed by atoms with van der Waals surface area (Å²) in [5.74, 6) is -10.6. The van der Waals surface area contributed by atoms with Crippen molar-refractivity contribution in [1.29, 1.82) is 0 Å². The largest absolute Gasteiger partial charge is 0.507 e. The molecule has 4 N–H and O–H groups in total.